The van der Waals surface area contributed by atoms with Crippen LogP contribution in [0.3, 0.4) is 0 Å². The average Bonchev–Trinajstić information content (AvgIpc) is 0.818. The zero-order valence-electron chi connectivity index (χ0n) is 66.8. The topological polar surface area (TPSA) is 142 Å². The standard InChI is InChI=1S/C24H19N.2C23H18N2.C22H17N3.C16H13N3/c1-18-12-14-21(15-13-18)24-17-22(19-8-4-2-5-9-19)16-23(25-24)20-10-6-3-7-11-20;1-17-12-14-19(15-13-17)22-16-21(18-8-4-2-5-9-18)24-23(25-22)20-10-6-3-7-11-20;1-17-12-14-20(15-13-17)23-24-21(18-8-4-2-5-9-18)16-22(25-23)19-10-6-3-7-11-19;1-16-12-14-19(15-13-16)22-24-20(17-8-4-2-5-9-17)23-21(25-22)18-10-6-3-7-11-18;1-12-10-15(13-2-6-17-7-3-13)19-16(11-12)14-4-8-18-9-5-14/h2-17H,1H3;2*2-16H,1H3;2-15H,1H3;2-11H,1H3. The second-order valence-corrected chi connectivity index (χ2v) is 28.6. The molecule has 0 saturated carbocycles. The average molecular weight is 1540 g/mol. The summed E-state index contributed by atoms with van der Waals surface area (Å²) < 4.78 is 0. The van der Waals surface area contributed by atoms with E-state index in [4.69, 9.17) is 44.9 Å². The molecule has 0 aliphatic rings. The second-order valence-electron chi connectivity index (χ2n) is 28.6. The van der Waals surface area contributed by atoms with Gasteiger partial charge in [-0.25, -0.2) is 44.9 Å². The highest BCUT2D eigenvalue weighted by Gasteiger charge is 2.16. The van der Waals surface area contributed by atoms with E-state index in [0.717, 1.165) is 130 Å². The molecule has 0 saturated heterocycles. The maximum absolute atomic E-state index is 4.93. The van der Waals surface area contributed by atoms with Crippen molar-refractivity contribution in [1.82, 2.24) is 54.8 Å². The van der Waals surface area contributed by atoms with Crippen molar-refractivity contribution >= 4 is 0 Å². The molecule has 0 aliphatic carbocycles. The third-order valence-corrected chi connectivity index (χ3v) is 19.6. The fraction of sp³-hybridized carbons (Fsp3) is 0.0463. The number of benzene rings is 12. The van der Waals surface area contributed by atoms with Gasteiger partial charge in [0, 0.05) is 97.1 Å². The van der Waals surface area contributed by atoms with Crippen molar-refractivity contribution in [3.8, 4) is 158 Å². The van der Waals surface area contributed by atoms with Gasteiger partial charge >= 0.3 is 0 Å². The summed E-state index contributed by atoms with van der Waals surface area (Å²) in [5, 5.41) is 0. The van der Waals surface area contributed by atoms with E-state index in [9.17, 15) is 0 Å². The van der Waals surface area contributed by atoms with Gasteiger partial charge in [0.25, 0.3) is 0 Å². The number of aryl methyl sites for hydroxylation is 5. The molecule has 7 heterocycles. The van der Waals surface area contributed by atoms with Crippen LogP contribution in [0.5, 0.6) is 0 Å². The van der Waals surface area contributed by atoms with Gasteiger partial charge in [0.15, 0.2) is 29.1 Å². The van der Waals surface area contributed by atoms with Crippen molar-refractivity contribution in [3.63, 3.8) is 0 Å². The lowest BCUT2D eigenvalue weighted by molar-refractivity contribution is 1.07. The van der Waals surface area contributed by atoms with Gasteiger partial charge in [0.2, 0.25) is 0 Å². The molecule has 0 aliphatic heterocycles. The van der Waals surface area contributed by atoms with Crippen LogP contribution in [0.2, 0.25) is 0 Å². The van der Waals surface area contributed by atoms with Crippen molar-refractivity contribution in [2.45, 2.75) is 34.6 Å². The molecule has 0 atom stereocenters. The van der Waals surface area contributed by atoms with E-state index in [2.05, 4.69) is 251 Å². The monoisotopic (exact) mass is 1540 g/mol. The Labute approximate surface area is 696 Å². The lowest BCUT2D eigenvalue weighted by Crippen LogP contribution is -2.00. The number of hydrogen-bond donors (Lipinski definition) is 0. The fourth-order valence-electron chi connectivity index (χ4n) is 13.2. The van der Waals surface area contributed by atoms with E-state index in [1.165, 1.54) is 38.9 Å². The van der Waals surface area contributed by atoms with E-state index in [1.807, 2.05) is 194 Å². The molecule has 0 bridgehead atoms. The molecule has 0 fully saturated rings. The minimum atomic E-state index is 0.685. The van der Waals surface area contributed by atoms with Crippen LogP contribution in [0.1, 0.15) is 27.8 Å². The van der Waals surface area contributed by atoms with Crippen LogP contribution in [-0.2, 0) is 0 Å². The summed E-state index contributed by atoms with van der Waals surface area (Å²) in [5.74, 6) is 3.56. The minimum Gasteiger partial charge on any atom is -0.265 e. The summed E-state index contributed by atoms with van der Waals surface area (Å²) in [6, 6.07) is 136. The minimum absolute atomic E-state index is 0.685. The molecule has 0 unspecified atom stereocenters. The van der Waals surface area contributed by atoms with Gasteiger partial charge in [-0.05, 0) is 112 Å². The Balaban J connectivity index is 0.000000116. The molecule has 11 heteroatoms. The smallest absolute Gasteiger partial charge is 0.164 e. The number of pyridine rings is 4. The Morgan fingerprint density at radius 3 is 0.571 bits per heavy atom. The molecule has 19 aromatic rings. The molecule has 0 N–H and O–H groups in total. The highest BCUT2D eigenvalue weighted by Crippen LogP contribution is 2.34. The molecule has 7 aromatic heterocycles. The first kappa shape index (κ1) is 78.7. The van der Waals surface area contributed by atoms with Crippen LogP contribution >= 0.6 is 0 Å². The predicted octanol–water partition coefficient (Wildman–Crippen LogP) is 26.7. The van der Waals surface area contributed by atoms with Crippen molar-refractivity contribution in [2.75, 3.05) is 0 Å². The SMILES string of the molecule is Cc1cc(-c2ccncc2)nc(-c2ccncc2)c1.Cc1ccc(-c2cc(-c3ccccc3)cc(-c3ccccc3)n2)cc1.Cc1ccc(-c2cc(-c3ccccc3)nc(-c3ccccc3)n2)cc1.Cc1ccc(-c2nc(-c3ccccc3)cc(-c3ccccc3)n2)cc1.Cc1ccc(-c2nc(-c3ccccc3)nc(-c3ccccc3)n2)cc1. The lowest BCUT2D eigenvalue weighted by atomic mass is 10.00. The summed E-state index contributed by atoms with van der Waals surface area (Å²) in [6.45, 7) is 10.4. The first-order valence-corrected chi connectivity index (χ1v) is 39.6. The highest BCUT2D eigenvalue weighted by molar-refractivity contribution is 5.79. The zero-order valence-corrected chi connectivity index (χ0v) is 66.8. The van der Waals surface area contributed by atoms with Gasteiger partial charge in [-0.15, -0.1) is 0 Å². The number of aromatic nitrogens is 11. The molecule has 19 rings (SSSR count). The normalized spacial score (nSPS) is 10.6. The Morgan fingerprint density at radius 2 is 0.311 bits per heavy atom. The second kappa shape index (κ2) is 39.0. The molecule has 12 aromatic carbocycles. The van der Waals surface area contributed by atoms with Gasteiger partial charge in [0.1, 0.15) is 0 Å². The van der Waals surface area contributed by atoms with Crippen LogP contribution in [0, 0.1) is 34.6 Å². The van der Waals surface area contributed by atoms with E-state index >= 15 is 0 Å². The fourth-order valence-corrected chi connectivity index (χ4v) is 13.2. The maximum Gasteiger partial charge on any atom is 0.164 e. The lowest BCUT2D eigenvalue weighted by Gasteiger charge is -2.10. The maximum atomic E-state index is 4.93. The van der Waals surface area contributed by atoms with E-state index in [-0.39, 0.29) is 0 Å². The highest BCUT2D eigenvalue weighted by atomic mass is 15.0. The molecule has 0 spiro atoms. The van der Waals surface area contributed by atoms with Crippen LogP contribution < -0.4 is 0 Å². The molecule has 572 valence electrons. The first-order valence-electron chi connectivity index (χ1n) is 39.6. The molecule has 11 nitrogen and oxygen atoms in total. The number of nitrogens with zero attached hydrogens (tertiary/aromatic N) is 11. The Bertz CT molecular complexity index is 5460. The summed E-state index contributed by atoms with van der Waals surface area (Å²) in [4.78, 5) is 51.1. The third kappa shape index (κ3) is 21.3. The Hall–Kier alpha value is -15.6. The first-order chi connectivity index (χ1) is 58.5. The van der Waals surface area contributed by atoms with Gasteiger partial charge in [-0.2, -0.15) is 0 Å². The van der Waals surface area contributed by atoms with Crippen LogP contribution in [0.4, 0.5) is 0 Å². The Kier molecular flexibility index (Phi) is 25.8. The molecule has 0 radical (unpaired) electrons. The molecule has 0 amide bonds. The number of hydrogen-bond acceptors (Lipinski definition) is 11. The summed E-state index contributed by atoms with van der Waals surface area (Å²) in [7, 11) is 0. The molecule has 119 heavy (non-hydrogen) atoms. The predicted molar refractivity (Wildman–Crippen MR) is 488 cm³/mol. The van der Waals surface area contributed by atoms with E-state index < -0.39 is 0 Å². The quantitative estimate of drug-likeness (QED) is 0.103. The summed E-state index contributed by atoms with van der Waals surface area (Å²) in [6.07, 6.45) is 7.13. The van der Waals surface area contributed by atoms with Crippen LogP contribution in [-0.4, -0.2) is 54.8 Å². The van der Waals surface area contributed by atoms with Crippen molar-refractivity contribution in [1.29, 1.82) is 0 Å². The third-order valence-electron chi connectivity index (χ3n) is 19.6. The van der Waals surface area contributed by atoms with Gasteiger partial charge in [-0.1, -0.05) is 362 Å². The summed E-state index contributed by atoms with van der Waals surface area (Å²) in [5.41, 5.74) is 30.0. The van der Waals surface area contributed by atoms with Crippen LogP contribution in [0.25, 0.3) is 158 Å². The van der Waals surface area contributed by atoms with Crippen molar-refractivity contribution < 1.29 is 0 Å². The van der Waals surface area contributed by atoms with Crippen molar-refractivity contribution in [2.24, 2.45) is 0 Å². The zero-order chi connectivity index (χ0) is 81.3. The molecular weight excluding hydrogens is 1450 g/mol. The van der Waals surface area contributed by atoms with Gasteiger partial charge < -0.3 is 0 Å². The van der Waals surface area contributed by atoms with Crippen LogP contribution in [0.15, 0.2) is 425 Å². The van der Waals surface area contributed by atoms with Gasteiger partial charge in [0.05, 0.1) is 45.6 Å². The number of rotatable bonds is 14. The largest absolute Gasteiger partial charge is 0.265 e. The molecular formula is C108H85N11. The van der Waals surface area contributed by atoms with E-state index in [0.29, 0.717) is 17.5 Å². The van der Waals surface area contributed by atoms with E-state index in [1.54, 1.807) is 24.8 Å². The van der Waals surface area contributed by atoms with Gasteiger partial charge in [-0.3, -0.25) is 9.97 Å². The van der Waals surface area contributed by atoms with Crippen molar-refractivity contribution in [3.05, 3.63) is 453 Å². The summed E-state index contributed by atoms with van der Waals surface area (Å²) >= 11 is 0. The Morgan fingerprint density at radius 1 is 0.126 bits per heavy atom.